The highest BCUT2D eigenvalue weighted by molar-refractivity contribution is 7.10. The van der Waals surface area contributed by atoms with E-state index < -0.39 is 0 Å². The molecule has 124 valence electrons. The average Bonchev–Trinajstić information content (AvgIpc) is 3.13. The maximum absolute atomic E-state index is 13.0. The van der Waals surface area contributed by atoms with Crippen molar-refractivity contribution in [2.24, 2.45) is 0 Å². The smallest absolute Gasteiger partial charge is 0.259 e. The topological polar surface area (TPSA) is 61.0 Å². The molecule has 3 aromatic rings. The van der Waals surface area contributed by atoms with Gasteiger partial charge in [-0.3, -0.25) is 4.79 Å². The molecule has 1 aliphatic rings. The summed E-state index contributed by atoms with van der Waals surface area (Å²) in [4.78, 5) is 18.4. The van der Waals surface area contributed by atoms with E-state index in [-0.39, 0.29) is 5.91 Å². The van der Waals surface area contributed by atoms with Crippen molar-refractivity contribution in [1.82, 2.24) is 14.3 Å². The molecule has 1 aromatic carbocycles. The first-order valence-corrected chi connectivity index (χ1v) is 8.96. The third kappa shape index (κ3) is 2.37. The standard InChI is InChI=1S/C17H17ClN4OS/c1-9-15(16(19-2)24-21-9)17(23)22-6-5-14-12(8-22)11-7-10(18)3-4-13(11)20-14/h3-4,7,19-20H,5-6,8H2,1-2H3. The van der Waals surface area contributed by atoms with E-state index in [1.165, 1.54) is 22.8 Å². The third-order valence-corrected chi connectivity index (χ3v) is 5.72. The van der Waals surface area contributed by atoms with Crippen molar-refractivity contribution >= 4 is 44.9 Å². The molecule has 3 heterocycles. The Hall–Kier alpha value is -2.05. The first-order chi connectivity index (χ1) is 11.6. The second-order valence-electron chi connectivity index (χ2n) is 5.97. The van der Waals surface area contributed by atoms with Gasteiger partial charge >= 0.3 is 0 Å². The predicted molar refractivity (Wildman–Crippen MR) is 98.2 cm³/mol. The number of rotatable bonds is 2. The molecule has 0 unspecified atom stereocenters. The summed E-state index contributed by atoms with van der Waals surface area (Å²) in [7, 11) is 1.82. The largest absolute Gasteiger partial charge is 0.378 e. The summed E-state index contributed by atoms with van der Waals surface area (Å²) in [5, 5.41) is 5.71. The number of aromatic nitrogens is 2. The van der Waals surface area contributed by atoms with Crippen molar-refractivity contribution in [3.63, 3.8) is 0 Å². The molecular formula is C17H17ClN4OS. The van der Waals surface area contributed by atoms with E-state index in [4.69, 9.17) is 11.6 Å². The quantitative estimate of drug-likeness (QED) is 0.730. The Bertz CT molecular complexity index is 946. The minimum Gasteiger partial charge on any atom is -0.378 e. The lowest BCUT2D eigenvalue weighted by atomic mass is 10.0. The van der Waals surface area contributed by atoms with Crippen LogP contribution in [0.4, 0.5) is 5.00 Å². The molecule has 5 nitrogen and oxygen atoms in total. The summed E-state index contributed by atoms with van der Waals surface area (Å²) in [6, 6.07) is 5.85. The zero-order valence-electron chi connectivity index (χ0n) is 13.4. The first-order valence-electron chi connectivity index (χ1n) is 7.80. The number of aryl methyl sites for hydroxylation is 1. The summed E-state index contributed by atoms with van der Waals surface area (Å²) >= 11 is 7.48. The van der Waals surface area contributed by atoms with Crippen molar-refractivity contribution in [3.8, 4) is 0 Å². The molecule has 1 amide bonds. The van der Waals surface area contributed by atoms with Gasteiger partial charge < -0.3 is 15.2 Å². The van der Waals surface area contributed by atoms with E-state index in [2.05, 4.69) is 14.7 Å². The number of aromatic amines is 1. The molecule has 0 spiro atoms. The second kappa shape index (κ2) is 5.79. The molecule has 0 radical (unpaired) electrons. The van der Waals surface area contributed by atoms with Gasteiger partial charge in [0, 0.05) is 53.7 Å². The minimum absolute atomic E-state index is 0.0348. The molecule has 0 saturated heterocycles. The zero-order valence-corrected chi connectivity index (χ0v) is 15.0. The predicted octanol–water partition coefficient (Wildman–Crippen LogP) is 3.83. The molecule has 2 N–H and O–H groups in total. The molecule has 0 bridgehead atoms. The fourth-order valence-electron chi connectivity index (χ4n) is 3.31. The summed E-state index contributed by atoms with van der Waals surface area (Å²) < 4.78 is 4.31. The van der Waals surface area contributed by atoms with Crippen LogP contribution in [-0.4, -0.2) is 33.8 Å². The Balaban J connectivity index is 1.71. The number of amides is 1. The Morgan fingerprint density at radius 2 is 2.29 bits per heavy atom. The molecule has 7 heteroatoms. The van der Waals surface area contributed by atoms with Gasteiger partial charge in [-0.15, -0.1) is 0 Å². The fourth-order valence-corrected chi connectivity index (χ4v) is 4.22. The van der Waals surface area contributed by atoms with Crippen LogP contribution in [0.25, 0.3) is 10.9 Å². The molecule has 1 aliphatic heterocycles. The number of benzene rings is 1. The Morgan fingerprint density at radius 3 is 3.08 bits per heavy atom. The van der Waals surface area contributed by atoms with E-state index in [1.807, 2.05) is 37.1 Å². The van der Waals surface area contributed by atoms with Crippen molar-refractivity contribution < 1.29 is 4.79 Å². The molecule has 2 aromatic heterocycles. The maximum atomic E-state index is 13.0. The van der Waals surface area contributed by atoms with Crippen molar-refractivity contribution in [1.29, 1.82) is 0 Å². The van der Waals surface area contributed by atoms with E-state index in [0.29, 0.717) is 23.7 Å². The van der Waals surface area contributed by atoms with Crippen LogP contribution in [0.2, 0.25) is 5.02 Å². The highest BCUT2D eigenvalue weighted by atomic mass is 35.5. The molecular weight excluding hydrogens is 344 g/mol. The first kappa shape index (κ1) is 15.5. The van der Waals surface area contributed by atoms with Crippen LogP contribution < -0.4 is 5.32 Å². The summed E-state index contributed by atoms with van der Waals surface area (Å²) in [5.41, 5.74) is 4.90. The lowest BCUT2D eigenvalue weighted by Crippen LogP contribution is -2.36. The van der Waals surface area contributed by atoms with Crippen LogP contribution in [-0.2, 0) is 13.0 Å². The Labute approximate surface area is 148 Å². The number of fused-ring (bicyclic) bond motifs is 3. The normalized spacial score (nSPS) is 14.0. The monoisotopic (exact) mass is 360 g/mol. The fraction of sp³-hybridized carbons (Fsp3) is 0.294. The van der Waals surface area contributed by atoms with Gasteiger partial charge in [0.2, 0.25) is 0 Å². The lowest BCUT2D eigenvalue weighted by Gasteiger charge is -2.27. The van der Waals surface area contributed by atoms with Crippen LogP contribution in [0.5, 0.6) is 0 Å². The summed E-state index contributed by atoms with van der Waals surface area (Å²) in [6.45, 7) is 3.17. The molecule has 0 fully saturated rings. The number of anilines is 1. The second-order valence-corrected chi connectivity index (χ2v) is 7.18. The van der Waals surface area contributed by atoms with Crippen LogP contribution in [0.3, 0.4) is 0 Å². The minimum atomic E-state index is 0.0348. The molecule has 0 saturated carbocycles. The van der Waals surface area contributed by atoms with Gasteiger partial charge in [-0.25, -0.2) is 0 Å². The van der Waals surface area contributed by atoms with Gasteiger partial charge in [-0.05, 0) is 36.7 Å². The van der Waals surface area contributed by atoms with Crippen LogP contribution >= 0.6 is 23.1 Å². The number of nitrogens with one attached hydrogen (secondary N) is 2. The van der Waals surface area contributed by atoms with E-state index in [9.17, 15) is 4.79 Å². The molecule has 0 aliphatic carbocycles. The van der Waals surface area contributed by atoms with Crippen molar-refractivity contribution in [2.45, 2.75) is 19.9 Å². The van der Waals surface area contributed by atoms with Crippen molar-refractivity contribution in [2.75, 3.05) is 18.9 Å². The third-order valence-electron chi connectivity index (χ3n) is 4.53. The Kier molecular flexibility index (Phi) is 3.73. The zero-order chi connectivity index (χ0) is 16.8. The summed E-state index contributed by atoms with van der Waals surface area (Å²) in [5.74, 6) is 0.0348. The number of carbonyl (C=O) groups is 1. The van der Waals surface area contributed by atoms with Crippen molar-refractivity contribution in [3.05, 3.63) is 45.7 Å². The van der Waals surface area contributed by atoms with E-state index in [1.54, 1.807) is 0 Å². The van der Waals surface area contributed by atoms with Gasteiger partial charge in [-0.1, -0.05) is 11.6 Å². The molecule has 24 heavy (non-hydrogen) atoms. The number of halogens is 1. The number of hydrogen-bond acceptors (Lipinski definition) is 4. The van der Waals surface area contributed by atoms with Gasteiger partial charge in [0.1, 0.15) is 5.00 Å². The van der Waals surface area contributed by atoms with Crippen LogP contribution in [0.1, 0.15) is 27.3 Å². The molecule has 4 rings (SSSR count). The number of H-pyrrole nitrogens is 1. The highest BCUT2D eigenvalue weighted by Gasteiger charge is 2.28. The van der Waals surface area contributed by atoms with E-state index in [0.717, 1.165) is 28.0 Å². The number of nitrogens with zero attached hydrogens (tertiary/aromatic N) is 2. The molecule has 0 atom stereocenters. The van der Waals surface area contributed by atoms with E-state index >= 15 is 0 Å². The summed E-state index contributed by atoms with van der Waals surface area (Å²) in [6.07, 6.45) is 0.818. The number of carbonyl (C=O) groups excluding carboxylic acids is 1. The average molecular weight is 361 g/mol. The van der Waals surface area contributed by atoms with Crippen LogP contribution in [0, 0.1) is 6.92 Å². The SMILES string of the molecule is CNc1snc(C)c1C(=O)N1CCc2[nH]c3ccc(Cl)cc3c2C1. The van der Waals surface area contributed by atoms with Gasteiger partial charge in [0.25, 0.3) is 5.91 Å². The van der Waals surface area contributed by atoms with Gasteiger partial charge in [0.15, 0.2) is 0 Å². The number of hydrogen-bond donors (Lipinski definition) is 2. The lowest BCUT2D eigenvalue weighted by molar-refractivity contribution is 0.0735. The van der Waals surface area contributed by atoms with Crippen LogP contribution in [0.15, 0.2) is 18.2 Å². The van der Waals surface area contributed by atoms with Gasteiger partial charge in [0.05, 0.1) is 11.3 Å². The van der Waals surface area contributed by atoms with Gasteiger partial charge in [-0.2, -0.15) is 4.37 Å². The Morgan fingerprint density at radius 1 is 1.46 bits per heavy atom. The maximum Gasteiger partial charge on any atom is 0.259 e. The highest BCUT2D eigenvalue weighted by Crippen LogP contribution is 2.32.